The van der Waals surface area contributed by atoms with Gasteiger partial charge in [0.15, 0.2) is 5.54 Å². The number of nitrogens with zero attached hydrogens (tertiary/aromatic N) is 4. The lowest BCUT2D eigenvalue weighted by Gasteiger charge is -2.43. The van der Waals surface area contributed by atoms with Gasteiger partial charge in [-0.2, -0.15) is 18.2 Å². The van der Waals surface area contributed by atoms with Crippen LogP contribution in [0.1, 0.15) is 83.9 Å². The number of piperidine rings is 2. The Kier molecular flexibility index (Phi) is 13.0. The molecule has 5 heterocycles. The lowest BCUT2D eigenvalue weighted by atomic mass is 9.85. The molecule has 2 saturated heterocycles. The zero-order valence-corrected chi connectivity index (χ0v) is 38.2. The molecule has 338 valence electrons. The Morgan fingerprint density at radius 3 is 2.06 bits per heavy atom. The van der Waals surface area contributed by atoms with Crippen molar-refractivity contribution in [2.24, 2.45) is 11.8 Å². The van der Waals surface area contributed by atoms with Crippen LogP contribution in [-0.4, -0.2) is 112 Å². The molecule has 2 aromatic carbocycles. The molecule has 18 heteroatoms. The quantitative estimate of drug-likeness (QED) is 0.0634. The van der Waals surface area contributed by atoms with Crippen molar-refractivity contribution in [3.63, 3.8) is 0 Å². The first-order chi connectivity index (χ1) is 29.2. The van der Waals surface area contributed by atoms with Crippen LogP contribution in [-0.2, 0) is 38.4 Å². The molecule has 13 nitrogen and oxygen atoms in total. The molecule has 0 aliphatic carbocycles. The number of benzene rings is 2. The van der Waals surface area contributed by atoms with Crippen molar-refractivity contribution >= 4 is 56.4 Å². The fourth-order valence-corrected chi connectivity index (χ4v) is 11.8. The summed E-state index contributed by atoms with van der Waals surface area (Å²) in [4.78, 5) is 31.8. The molecule has 2 fully saturated rings. The van der Waals surface area contributed by atoms with E-state index in [0.29, 0.717) is 79.6 Å². The first-order valence-corrected chi connectivity index (χ1v) is 23.6. The molecule has 0 bridgehead atoms. The molecule has 0 unspecified atom stereocenters. The number of hydrogen-bond acceptors (Lipinski definition) is 12. The Morgan fingerprint density at radius 2 is 1.48 bits per heavy atom. The Balaban J connectivity index is 1.26. The predicted octanol–water partition coefficient (Wildman–Crippen LogP) is 5.85. The van der Waals surface area contributed by atoms with Gasteiger partial charge in [-0.15, -0.1) is 9.32 Å². The zero-order valence-electron chi connectivity index (χ0n) is 36.5. The number of alkyl halides is 3. The first kappa shape index (κ1) is 46.1. The van der Waals surface area contributed by atoms with E-state index < -0.39 is 44.5 Å². The summed E-state index contributed by atoms with van der Waals surface area (Å²) >= 11 is 1.02. The standard InChI is InChI=1S/C44H56F3N4O9S2/c1-9-50-35-21-37-33(19-31(35)29(23-42(50,3)4)25-61-60-59-48-15-11-27(12-16-48)40(52)56-7)39(44(45,46)47)34-20-32-30(24-43(5,6)51(10-2)36(32)22-38(34)58-37)26-62(54,55)49-17-13-28(14-18-49)41(53)57-8/h19-24,27-28H,9-18,25-26H2,1-8H3/q+1. The van der Waals surface area contributed by atoms with Crippen molar-refractivity contribution in [3.8, 4) is 11.5 Å². The van der Waals surface area contributed by atoms with Crippen LogP contribution in [0.3, 0.4) is 0 Å². The summed E-state index contributed by atoms with van der Waals surface area (Å²) in [6.45, 7) is 14.2. The van der Waals surface area contributed by atoms with Gasteiger partial charge in [0.2, 0.25) is 15.4 Å². The minimum atomic E-state index is -4.83. The number of carbonyl (C=O) groups excluding carboxylic acids is 2. The monoisotopic (exact) mass is 905 g/mol. The molecule has 0 radical (unpaired) electrons. The molecule has 0 amide bonds. The van der Waals surface area contributed by atoms with E-state index in [1.165, 1.54) is 24.6 Å². The Labute approximate surface area is 365 Å². The molecule has 7 rings (SSSR count). The van der Waals surface area contributed by atoms with Crippen molar-refractivity contribution < 1.29 is 54.7 Å². The van der Waals surface area contributed by atoms with Gasteiger partial charge in [0.1, 0.15) is 18.0 Å². The Bertz CT molecular complexity index is 2420. The maximum Gasteiger partial charge on any atom is 0.417 e. The molecule has 0 atom stereocenters. The fourth-order valence-electron chi connectivity index (χ4n) is 9.72. The summed E-state index contributed by atoms with van der Waals surface area (Å²) in [5.74, 6) is -1.31. The molecule has 0 spiro atoms. The second kappa shape index (κ2) is 17.6. The smallest absolute Gasteiger partial charge is 0.417 e. The van der Waals surface area contributed by atoms with Gasteiger partial charge in [0.25, 0.3) is 0 Å². The van der Waals surface area contributed by atoms with Crippen LogP contribution in [0, 0.1) is 11.8 Å². The lowest BCUT2D eigenvalue weighted by molar-refractivity contribution is -0.365. The van der Waals surface area contributed by atoms with Crippen LogP contribution in [0.2, 0.25) is 0 Å². The van der Waals surface area contributed by atoms with Crippen molar-refractivity contribution in [2.45, 2.75) is 84.5 Å². The second-order valence-electron chi connectivity index (χ2n) is 17.4. The Hall–Kier alpha value is -3.94. The van der Waals surface area contributed by atoms with Crippen LogP contribution in [0.25, 0.3) is 16.7 Å². The van der Waals surface area contributed by atoms with Gasteiger partial charge in [0.05, 0.1) is 54.6 Å². The highest BCUT2D eigenvalue weighted by Crippen LogP contribution is 2.49. The van der Waals surface area contributed by atoms with Crippen LogP contribution < -0.4 is 24.8 Å². The highest BCUT2D eigenvalue weighted by molar-refractivity contribution is 7.95. The molecule has 5 aliphatic rings. The van der Waals surface area contributed by atoms with E-state index in [4.69, 9.17) is 23.5 Å². The summed E-state index contributed by atoms with van der Waals surface area (Å²) in [5, 5.41) is 2.02. The first-order valence-electron chi connectivity index (χ1n) is 21.1. The Morgan fingerprint density at radius 1 is 0.855 bits per heavy atom. The SMILES string of the molecule is CCN1c2cc3c(cc2C(CSOON2CCC(C(=O)OC)CC2)=CC1(C)C)C(C(F)(F)F)=c1cc2c(cc1O3)=[N+](CC)C(C)(C)C=C2CS(=O)(=O)N1CCC(C(=O)OC)CC1. The minimum absolute atomic E-state index is 0.0253. The van der Waals surface area contributed by atoms with Gasteiger partial charge in [-0.25, -0.2) is 17.3 Å². The van der Waals surface area contributed by atoms with Crippen molar-refractivity contribution in [1.82, 2.24) is 13.9 Å². The van der Waals surface area contributed by atoms with E-state index in [0.717, 1.165) is 17.6 Å². The molecule has 2 aromatic rings. The lowest BCUT2D eigenvalue weighted by Crippen LogP contribution is -2.50. The van der Waals surface area contributed by atoms with E-state index in [-0.39, 0.29) is 59.0 Å². The number of esters is 2. The van der Waals surface area contributed by atoms with Crippen molar-refractivity contribution in [1.29, 1.82) is 0 Å². The number of rotatable bonds is 12. The van der Waals surface area contributed by atoms with Gasteiger partial charge in [0, 0.05) is 92.5 Å². The molecule has 0 saturated carbocycles. The second-order valence-corrected chi connectivity index (χ2v) is 20.1. The number of halogens is 3. The molecule has 0 N–H and O–H groups in total. The molecular formula is C44H56F3N4O9S2+. The third kappa shape index (κ3) is 8.92. The van der Waals surface area contributed by atoms with E-state index in [1.807, 2.05) is 58.3 Å². The van der Waals surface area contributed by atoms with Crippen molar-refractivity contribution in [3.05, 3.63) is 63.7 Å². The topological polar surface area (TPSA) is 127 Å². The number of sulfonamides is 1. The number of anilines is 1. The number of fused-ring (bicyclic) bond motifs is 4. The number of carbonyl (C=O) groups is 2. The number of methoxy groups -OCH3 is 2. The number of ether oxygens (including phenoxy) is 3. The van der Waals surface area contributed by atoms with Crippen LogP contribution >= 0.6 is 12.0 Å². The maximum absolute atomic E-state index is 15.7. The third-order valence-corrected chi connectivity index (χ3v) is 15.1. The van der Waals surface area contributed by atoms with Crippen molar-refractivity contribution in [2.75, 3.05) is 69.9 Å². The number of likely N-dealkylation sites (N-methyl/N-ethyl adjacent to an activating group) is 2. The average molecular weight is 906 g/mol. The third-order valence-electron chi connectivity index (χ3n) is 12.7. The van der Waals surface area contributed by atoms with Gasteiger partial charge in [-0.3, -0.25) is 9.59 Å². The normalized spacial score (nSPS) is 20.6. The zero-order chi connectivity index (χ0) is 44.9. The fraction of sp³-hybridized carbons (Fsp3) is 0.568. The predicted molar refractivity (Wildman–Crippen MR) is 231 cm³/mol. The molecule has 5 aliphatic heterocycles. The number of hydroxylamine groups is 2. The molecule has 62 heavy (non-hydrogen) atoms. The van der Waals surface area contributed by atoms with Gasteiger partial charge >= 0.3 is 18.1 Å². The highest BCUT2D eigenvalue weighted by Gasteiger charge is 2.44. The summed E-state index contributed by atoms with van der Waals surface area (Å²) in [6, 6.07) is 6.28. The largest absolute Gasteiger partial charge is 0.469 e. The van der Waals surface area contributed by atoms with Gasteiger partial charge < -0.3 is 19.1 Å². The summed E-state index contributed by atoms with van der Waals surface area (Å²) in [6.07, 6.45) is 0.777. The van der Waals surface area contributed by atoms with E-state index in [2.05, 4.69) is 4.90 Å². The van der Waals surface area contributed by atoms with Gasteiger partial charge in [-0.1, -0.05) is 6.08 Å². The summed E-state index contributed by atoms with van der Waals surface area (Å²) in [7, 11) is -1.27. The maximum atomic E-state index is 15.7. The van der Waals surface area contributed by atoms with Crippen LogP contribution in [0.4, 0.5) is 18.9 Å². The van der Waals surface area contributed by atoms with E-state index in [1.54, 1.807) is 23.3 Å². The molecule has 0 aromatic heterocycles. The van der Waals surface area contributed by atoms with E-state index >= 15 is 13.2 Å². The minimum Gasteiger partial charge on any atom is -0.469 e. The summed E-state index contributed by atoms with van der Waals surface area (Å²) < 4.78 is 100. The van der Waals surface area contributed by atoms with Crippen LogP contribution in [0.15, 0.2) is 36.4 Å². The van der Waals surface area contributed by atoms with Crippen LogP contribution in [0.5, 0.6) is 11.5 Å². The highest BCUT2D eigenvalue weighted by atomic mass is 32.2. The van der Waals surface area contributed by atoms with Gasteiger partial charge in [-0.05, 0) is 82.7 Å². The summed E-state index contributed by atoms with van der Waals surface area (Å²) in [5.41, 5.74) is 0.614. The average Bonchev–Trinajstić information content (AvgIpc) is 3.22. The van der Waals surface area contributed by atoms with E-state index in [9.17, 15) is 18.0 Å². The number of hydrogen-bond donors (Lipinski definition) is 0. The molecular weight excluding hydrogens is 850 g/mol.